The number of hydrogen-bond acceptors (Lipinski definition) is 4. The van der Waals surface area contributed by atoms with Crippen LogP contribution in [0.4, 0.5) is 0 Å². The van der Waals surface area contributed by atoms with Crippen molar-refractivity contribution in [1.29, 1.82) is 0 Å². The van der Waals surface area contributed by atoms with Crippen molar-refractivity contribution in [3.05, 3.63) is 35.9 Å². The predicted octanol–water partition coefficient (Wildman–Crippen LogP) is -1.03. The van der Waals surface area contributed by atoms with E-state index in [0.29, 0.717) is 0 Å². The van der Waals surface area contributed by atoms with Gasteiger partial charge < -0.3 is 0 Å². The molecule has 72 valence electrons. The van der Waals surface area contributed by atoms with Gasteiger partial charge in [0.05, 0.1) is 0 Å². The summed E-state index contributed by atoms with van der Waals surface area (Å²) in [5.41, 5.74) is 0.0838. The summed E-state index contributed by atoms with van der Waals surface area (Å²) in [5.74, 6) is 4.69. The van der Waals surface area contributed by atoms with Gasteiger partial charge in [0, 0.05) is 5.56 Å². The molecule has 0 aliphatic carbocycles. The summed E-state index contributed by atoms with van der Waals surface area (Å²) in [6.07, 6.45) is 0. The second-order valence-electron chi connectivity index (χ2n) is 2.27. The number of carbonyl (C=O) groups is 1. The minimum absolute atomic E-state index is 0. The molecule has 0 bridgehead atoms. The molecular formula is C7H9N2NaO3S. The molecule has 0 saturated carbocycles. The number of rotatable bonds is 2. The van der Waals surface area contributed by atoms with E-state index in [9.17, 15) is 13.2 Å². The molecule has 0 unspecified atom stereocenters. The number of hydrazine groups is 1. The van der Waals surface area contributed by atoms with Crippen LogP contribution >= 0.6 is 0 Å². The zero-order valence-electron chi connectivity index (χ0n) is 6.60. The first kappa shape index (κ1) is 13.8. The zero-order chi connectivity index (χ0) is 9.90. The van der Waals surface area contributed by atoms with E-state index in [4.69, 9.17) is 0 Å². The van der Waals surface area contributed by atoms with Crippen molar-refractivity contribution >= 4 is 44.7 Å². The first-order chi connectivity index (χ1) is 6.08. The van der Waals surface area contributed by atoms with Gasteiger partial charge in [-0.2, -0.15) is 0 Å². The summed E-state index contributed by atoms with van der Waals surface area (Å²) in [4.78, 5) is 12.6. The van der Waals surface area contributed by atoms with Crippen molar-refractivity contribution in [3.8, 4) is 0 Å². The number of hydrogen-bond donors (Lipinski definition) is 2. The van der Waals surface area contributed by atoms with Crippen molar-refractivity contribution in [2.45, 2.75) is 0 Å². The monoisotopic (exact) mass is 224 g/mol. The number of nitrogens with one attached hydrogen (secondary N) is 1. The Bertz CT molecular complexity index is 404. The minimum atomic E-state index is -4.06. The van der Waals surface area contributed by atoms with Crippen LogP contribution in [-0.2, 0) is 10.0 Å². The Morgan fingerprint density at radius 1 is 1.21 bits per heavy atom. The molecule has 14 heavy (non-hydrogen) atoms. The third-order valence-electron chi connectivity index (χ3n) is 1.41. The molecule has 5 nitrogen and oxygen atoms in total. The first-order valence-electron chi connectivity index (χ1n) is 3.40. The van der Waals surface area contributed by atoms with Crippen LogP contribution in [0.3, 0.4) is 0 Å². The number of nitrogens with two attached hydrogens (primary N) is 1. The van der Waals surface area contributed by atoms with Crippen LogP contribution < -0.4 is 10.7 Å². The van der Waals surface area contributed by atoms with Crippen LogP contribution in [0, 0.1) is 0 Å². The summed E-state index contributed by atoms with van der Waals surface area (Å²) < 4.78 is 21.8. The SMILES string of the molecule is NNS(=O)(=O)C(=O)c1ccccc1.[NaH]. The third-order valence-corrected chi connectivity index (χ3v) is 2.44. The molecule has 3 N–H and O–H groups in total. The van der Waals surface area contributed by atoms with Crippen LogP contribution in [0.5, 0.6) is 0 Å². The van der Waals surface area contributed by atoms with E-state index in [1.807, 2.05) is 0 Å². The Kier molecular flexibility index (Phi) is 5.50. The molecule has 0 aliphatic heterocycles. The molecule has 0 heterocycles. The average Bonchev–Trinajstić information content (AvgIpc) is 2.18. The van der Waals surface area contributed by atoms with Crippen LogP contribution in [0.2, 0.25) is 0 Å². The molecule has 1 aromatic rings. The van der Waals surface area contributed by atoms with Crippen molar-refractivity contribution in [2.75, 3.05) is 0 Å². The second kappa shape index (κ2) is 5.59. The molecular weight excluding hydrogens is 215 g/mol. The van der Waals surface area contributed by atoms with Crippen LogP contribution in [-0.4, -0.2) is 43.1 Å². The topological polar surface area (TPSA) is 89.3 Å². The van der Waals surface area contributed by atoms with E-state index in [2.05, 4.69) is 5.84 Å². The maximum atomic E-state index is 11.2. The number of carbonyl (C=O) groups excluding carboxylic acids is 1. The summed E-state index contributed by atoms with van der Waals surface area (Å²) in [6, 6.07) is 7.62. The number of benzene rings is 1. The first-order valence-corrected chi connectivity index (χ1v) is 4.88. The molecule has 7 heteroatoms. The summed E-state index contributed by atoms with van der Waals surface area (Å²) >= 11 is 0. The van der Waals surface area contributed by atoms with Crippen molar-refractivity contribution in [3.63, 3.8) is 0 Å². The summed E-state index contributed by atoms with van der Waals surface area (Å²) in [6.45, 7) is 0. The van der Waals surface area contributed by atoms with Gasteiger partial charge in [0.15, 0.2) is 0 Å². The third kappa shape index (κ3) is 3.16. The fourth-order valence-electron chi connectivity index (χ4n) is 0.783. The van der Waals surface area contributed by atoms with Gasteiger partial charge in [-0.1, -0.05) is 30.3 Å². The van der Waals surface area contributed by atoms with Crippen LogP contribution in [0.1, 0.15) is 10.4 Å². The Hall–Kier alpha value is -0.240. The maximum absolute atomic E-state index is 11.2. The van der Waals surface area contributed by atoms with Crippen molar-refractivity contribution in [1.82, 2.24) is 4.83 Å². The van der Waals surface area contributed by atoms with E-state index in [-0.39, 0.29) is 35.1 Å². The molecule has 0 aliphatic rings. The van der Waals surface area contributed by atoms with Gasteiger partial charge in [-0.05, 0) is 0 Å². The molecule has 1 aromatic carbocycles. The van der Waals surface area contributed by atoms with Gasteiger partial charge in [-0.3, -0.25) is 10.6 Å². The van der Waals surface area contributed by atoms with Gasteiger partial charge in [-0.15, -0.1) is 4.83 Å². The number of sulfonamides is 1. The molecule has 0 atom stereocenters. The zero-order valence-corrected chi connectivity index (χ0v) is 7.41. The standard InChI is InChI=1S/C7H8N2O3S.Na.H/c8-9-13(11,12)7(10)6-4-2-1-3-5-6;;/h1-5,9H,8H2;;. The molecule has 0 saturated heterocycles. The molecule has 0 radical (unpaired) electrons. The van der Waals surface area contributed by atoms with E-state index < -0.39 is 15.1 Å². The Balaban J connectivity index is 0.00000169. The van der Waals surface area contributed by atoms with E-state index >= 15 is 0 Å². The fraction of sp³-hybridized carbons (Fsp3) is 0. The van der Waals surface area contributed by atoms with Gasteiger partial charge >= 0.3 is 29.6 Å². The Morgan fingerprint density at radius 2 is 1.71 bits per heavy atom. The van der Waals surface area contributed by atoms with Gasteiger partial charge in [-0.25, -0.2) is 8.42 Å². The summed E-state index contributed by atoms with van der Waals surface area (Å²) in [5, 5.41) is -1.03. The normalized spacial score (nSPS) is 10.4. The van der Waals surface area contributed by atoms with Crippen molar-refractivity contribution in [2.24, 2.45) is 5.84 Å². The van der Waals surface area contributed by atoms with Crippen molar-refractivity contribution < 1.29 is 13.2 Å². The Morgan fingerprint density at radius 3 is 2.14 bits per heavy atom. The van der Waals surface area contributed by atoms with Gasteiger partial charge in [0.1, 0.15) is 0 Å². The fourth-order valence-corrected chi connectivity index (χ4v) is 1.34. The quantitative estimate of drug-likeness (QED) is 0.382. The van der Waals surface area contributed by atoms with E-state index in [0.717, 1.165) is 0 Å². The predicted molar refractivity (Wildman–Crippen MR) is 54.2 cm³/mol. The van der Waals surface area contributed by atoms with Gasteiger partial charge in [0.25, 0.3) is 15.1 Å². The average molecular weight is 224 g/mol. The van der Waals surface area contributed by atoms with Gasteiger partial charge in [0.2, 0.25) is 0 Å². The van der Waals surface area contributed by atoms with E-state index in [1.165, 1.54) is 17.0 Å². The molecule has 0 fully saturated rings. The van der Waals surface area contributed by atoms with Crippen LogP contribution in [0.25, 0.3) is 0 Å². The van der Waals surface area contributed by atoms with Crippen LogP contribution in [0.15, 0.2) is 30.3 Å². The summed E-state index contributed by atoms with van der Waals surface area (Å²) in [7, 11) is -4.06. The molecule has 0 spiro atoms. The molecule has 0 amide bonds. The Labute approximate surface area is 104 Å². The molecule has 0 aromatic heterocycles. The molecule has 1 rings (SSSR count). The van der Waals surface area contributed by atoms with E-state index in [1.54, 1.807) is 18.2 Å². The second-order valence-corrected chi connectivity index (χ2v) is 3.89.